The molecule has 0 unspecified atom stereocenters. The van der Waals surface area contributed by atoms with Crippen LogP contribution in [-0.4, -0.2) is 29.9 Å². The molecule has 3 aromatic rings. The molecule has 4 rings (SSSR count). The van der Waals surface area contributed by atoms with Gasteiger partial charge in [0.25, 0.3) is 0 Å². The number of aryl methyl sites for hydroxylation is 1. The molecule has 0 atom stereocenters. The summed E-state index contributed by atoms with van der Waals surface area (Å²) in [6.07, 6.45) is -0.864. The Morgan fingerprint density at radius 1 is 0.946 bits per heavy atom. The Morgan fingerprint density at radius 3 is 2.32 bits per heavy atom. The van der Waals surface area contributed by atoms with Gasteiger partial charge in [-0.05, 0) is 67.1 Å². The maximum atomic E-state index is 15.3. The van der Waals surface area contributed by atoms with Crippen LogP contribution in [0.15, 0.2) is 48.5 Å². The first kappa shape index (κ1) is 26.9. The Kier molecular flexibility index (Phi) is 8.09. The third kappa shape index (κ3) is 6.25. The van der Waals surface area contributed by atoms with E-state index in [4.69, 9.17) is 14.2 Å². The zero-order valence-electron chi connectivity index (χ0n) is 21.3. The molecule has 0 saturated heterocycles. The minimum Gasteiger partial charge on any atom is -0.486 e. The van der Waals surface area contributed by atoms with Crippen molar-refractivity contribution in [2.24, 2.45) is 0 Å². The van der Waals surface area contributed by atoms with E-state index in [-0.39, 0.29) is 49.9 Å². The summed E-state index contributed by atoms with van der Waals surface area (Å²) in [6, 6.07) is 14.6. The smallest absolute Gasteiger partial charge is 0.248 e. The average Bonchev–Trinajstić information content (AvgIpc) is 2.89. The number of alkyl halides is 2. The van der Waals surface area contributed by atoms with E-state index in [1.54, 1.807) is 25.1 Å². The number of halogens is 3. The summed E-state index contributed by atoms with van der Waals surface area (Å²) in [5.41, 5.74) is 2.18. The molecule has 37 heavy (non-hydrogen) atoms. The van der Waals surface area contributed by atoms with Crippen LogP contribution in [0.4, 0.5) is 13.2 Å². The number of benzene rings is 2. The SMILES string of the molecule is COCOc1ccc(Cc2c(C)cc(OCc3ccccc3)c(F)c2C)nc1C1(O)CCC(F)(F)CC1. The molecule has 5 nitrogen and oxygen atoms in total. The fourth-order valence-electron chi connectivity index (χ4n) is 4.68. The molecular formula is C29H32F3NO4. The Morgan fingerprint density at radius 2 is 1.65 bits per heavy atom. The number of pyridine rings is 1. The topological polar surface area (TPSA) is 60.8 Å². The highest BCUT2D eigenvalue weighted by molar-refractivity contribution is 5.45. The minimum absolute atomic E-state index is 0.0753. The van der Waals surface area contributed by atoms with Gasteiger partial charge in [-0.25, -0.2) is 13.2 Å². The van der Waals surface area contributed by atoms with Crippen LogP contribution in [-0.2, 0) is 23.4 Å². The van der Waals surface area contributed by atoms with Crippen molar-refractivity contribution in [1.29, 1.82) is 0 Å². The molecule has 8 heteroatoms. The van der Waals surface area contributed by atoms with E-state index in [9.17, 15) is 13.9 Å². The van der Waals surface area contributed by atoms with Gasteiger partial charge < -0.3 is 19.3 Å². The summed E-state index contributed by atoms with van der Waals surface area (Å²) >= 11 is 0. The molecule has 0 spiro atoms. The van der Waals surface area contributed by atoms with Gasteiger partial charge in [0.15, 0.2) is 18.4 Å². The van der Waals surface area contributed by atoms with Gasteiger partial charge in [0.05, 0.1) is 0 Å². The molecule has 1 heterocycles. The van der Waals surface area contributed by atoms with Gasteiger partial charge >= 0.3 is 0 Å². The summed E-state index contributed by atoms with van der Waals surface area (Å²) in [7, 11) is 1.46. The van der Waals surface area contributed by atoms with Crippen molar-refractivity contribution in [3.8, 4) is 11.5 Å². The van der Waals surface area contributed by atoms with E-state index in [1.165, 1.54) is 7.11 Å². The average molecular weight is 516 g/mol. The van der Waals surface area contributed by atoms with Crippen LogP contribution >= 0.6 is 0 Å². The lowest BCUT2D eigenvalue weighted by Gasteiger charge is -2.36. The lowest BCUT2D eigenvalue weighted by atomic mass is 9.80. The standard InChI is InChI=1S/C29H32F3NO4/c1-19-15-25(36-17-21-7-5-4-6-8-21)26(30)20(2)23(19)16-22-9-10-24(37-18-35-3)27(33-22)28(34)11-13-29(31,32)14-12-28/h4-10,15,34H,11-14,16-18H2,1-3H3. The van der Waals surface area contributed by atoms with Crippen LogP contribution in [0.3, 0.4) is 0 Å². The van der Waals surface area contributed by atoms with E-state index in [0.29, 0.717) is 11.3 Å². The van der Waals surface area contributed by atoms with Crippen LogP contribution in [0.2, 0.25) is 0 Å². The Balaban J connectivity index is 1.60. The second kappa shape index (κ2) is 11.1. The van der Waals surface area contributed by atoms with Crippen LogP contribution in [0.1, 0.15) is 59.3 Å². The maximum absolute atomic E-state index is 15.3. The molecule has 1 aromatic heterocycles. The number of methoxy groups -OCH3 is 1. The highest BCUT2D eigenvalue weighted by atomic mass is 19.3. The molecule has 198 valence electrons. The van der Waals surface area contributed by atoms with Crippen LogP contribution in [0, 0.1) is 19.7 Å². The number of hydrogen-bond donors (Lipinski definition) is 1. The van der Waals surface area contributed by atoms with E-state index in [1.807, 2.05) is 37.3 Å². The summed E-state index contributed by atoms with van der Waals surface area (Å²) < 4.78 is 59.2. The fourth-order valence-corrected chi connectivity index (χ4v) is 4.68. The molecule has 1 aliphatic rings. The van der Waals surface area contributed by atoms with Crippen molar-refractivity contribution < 1.29 is 32.5 Å². The third-order valence-corrected chi connectivity index (χ3v) is 6.91. The second-order valence-electron chi connectivity index (χ2n) is 9.65. The predicted molar refractivity (Wildman–Crippen MR) is 134 cm³/mol. The van der Waals surface area contributed by atoms with Crippen LogP contribution in [0.5, 0.6) is 11.5 Å². The Labute approximate surface area is 215 Å². The number of rotatable bonds is 9. The fraction of sp³-hybridized carbons (Fsp3) is 0.414. The van der Waals surface area contributed by atoms with Gasteiger partial charge in [-0.15, -0.1) is 0 Å². The maximum Gasteiger partial charge on any atom is 0.248 e. The van der Waals surface area contributed by atoms with Crippen molar-refractivity contribution in [2.45, 2.75) is 64.1 Å². The zero-order chi connectivity index (χ0) is 26.6. The molecule has 0 radical (unpaired) electrons. The first-order valence-corrected chi connectivity index (χ1v) is 12.3. The molecule has 0 bridgehead atoms. The first-order valence-electron chi connectivity index (χ1n) is 12.3. The van der Waals surface area contributed by atoms with Gasteiger partial charge in [0.2, 0.25) is 5.92 Å². The van der Waals surface area contributed by atoms with Crippen molar-refractivity contribution in [3.05, 3.63) is 88.0 Å². The van der Waals surface area contributed by atoms with E-state index < -0.39 is 30.2 Å². The van der Waals surface area contributed by atoms with E-state index >= 15 is 4.39 Å². The molecule has 1 saturated carbocycles. The monoisotopic (exact) mass is 515 g/mol. The Bertz CT molecular complexity index is 1220. The van der Waals surface area contributed by atoms with Gasteiger partial charge in [-0.2, -0.15) is 0 Å². The minimum atomic E-state index is -2.81. The van der Waals surface area contributed by atoms with Crippen molar-refractivity contribution in [3.63, 3.8) is 0 Å². The van der Waals surface area contributed by atoms with E-state index in [0.717, 1.165) is 16.7 Å². The molecule has 1 aliphatic carbocycles. The van der Waals surface area contributed by atoms with Crippen LogP contribution < -0.4 is 9.47 Å². The lowest BCUT2D eigenvalue weighted by molar-refractivity contribution is -0.109. The molecule has 2 aromatic carbocycles. The van der Waals surface area contributed by atoms with Gasteiger partial charge in [0.1, 0.15) is 23.7 Å². The van der Waals surface area contributed by atoms with Crippen molar-refractivity contribution in [2.75, 3.05) is 13.9 Å². The first-order chi connectivity index (χ1) is 17.6. The number of ether oxygens (including phenoxy) is 3. The molecule has 0 amide bonds. The quantitative estimate of drug-likeness (QED) is 0.335. The van der Waals surface area contributed by atoms with Gasteiger partial charge in [-0.1, -0.05) is 30.3 Å². The highest BCUT2D eigenvalue weighted by Gasteiger charge is 2.45. The van der Waals surface area contributed by atoms with E-state index in [2.05, 4.69) is 4.98 Å². The van der Waals surface area contributed by atoms with Gasteiger partial charge in [-0.3, -0.25) is 4.98 Å². The van der Waals surface area contributed by atoms with Crippen molar-refractivity contribution >= 4 is 0 Å². The Hall–Kier alpha value is -3.10. The highest BCUT2D eigenvalue weighted by Crippen LogP contribution is 2.45. The summed E-state index contributed by atoms with van der Waals surface area (Å²) in [4.78, 5) is 4.65. The number of hydrogen-bond acceptors (Lipinski definition) is 5. The largest absolute Gasteiger partial charge is 0.486 e. The molecule has 1 N–H and O–H groups in total. The molecule has 1 fully saturated rings. The van der Waals surface area contributed by atoms with Gasteiger partial charge in [0, 0.05) is 32.1 Å². The number of aromatic nitrogens is 1. The summed E-state index contributed by atoms with van der Waals surface area (Å²) in [6.45, 7) is 3.75. The van der Waals surface area contributed by atoms with Crippen molar-refractivity contribution in [1.82, 2.24) is 4.98 Å². The molecule has 0 aliphatic heterocycles. The number of nitrogens with zero attached hydrogens (tertiary/aromatic N) is 1. The zero-order valence-corrected chi connectivity index (χ0v) is 21.3. The van der Waals surface area contributed by atoms with Crippen LogP contribution in [0.25, 0.3) is 0 Å². The summed E-state index contributed by atoms with van der Waals surface area (Å²) in [5.74, 6) is -2.79. The molecular weight excluding hydrogens is 483 g/mol. The normalized spacial score (nSPS) is 16.4. The predicted octanol–water partition coefficient (Wildman–Crippen LogP) is 6.39. The second-order valence-corrected chi connectivity index (χ2v) is 9.65. The lowest BCUT2D eigenvalue weighted by Crippen LogP contribution is -2.37. The summed E-state index contributed by atoms with van der Waals surface area (Å²) in [5, 5.41) is 11.3. The third-order valence-electron chi connectivity index (χ3n) is 6.91. The number of aliphatic hydroxyl groups is 1.